The van der Waals surface area contributed by atoms with Crippen molar-refractivity contribution in [3.63, 3.8) is 0 Å². The Bertz CT molecular complexity index is 573. The van der Waals surface area contributed by atoms with Crippen LogP contribution in [0, 0.1) is 17.8 Å². The molecule has 4 bridgehead atoms. The van der Waals surface area contributed by atoms with Crippen molar-refractivity contribution < 1.29 is 0 Å². The molecule has 1 aromatic rings. The maximum absolute atomic E-state index is 6.21. The molecule has 1 aromatic heterocycles. The van der Waals surface area contributed by atoms with E-state index in [1.54, 1.807) is 0 Å². The maximum atomic E-state index is 6.21. The van der Waals surface area contributed by atoms with Crippen molar-refractivity contribution in [3.8, 4) is 0 Å². The third-order valence-corrected chi connectivity index (χ3v) is 7.19. The molecule has 21 heavy (non-hydrogen) atoms. The monoisotopic (exact) mass is 347 g/mol. The molecule has 0 radical (unpaired) electrons. The molecular weight excluding hydrogens is 326 g/mol. The Morgan fingerprint density at radius 1 is 0.952 bits per heavy atom. The van der Waals surface area contributed by atoms with Crippen LogP contribution in [0.2, 0.25) is 0 Å². The van der Waals surface area contributed by atoms with Gasteiger partial charge in [-0.3, -0.25) is 0 Å². The molecule has 0 spiro atoms. The summed E-state index contributed by atoms with van der Waals surface area (Å²) in [6.45, 7) is 0. The highest BCUT2D eigenvalue weighted by Crippen LogP contribution is 2.60. The lowest BCUT2D eigenvalue weighted by atomic mass is 9.49. The van der Waals surface area contributed by atoms with Gasteiger partial charge in [-0.15, -0.1) is 0 Å². The Hall–Kier alpha value is -0.640. The van der Waals surface area contributed by atoms with Crippen molar-refractivity contribution in [1.29, 1.82) is 0 Å². The zero-order valence-corrected chi connectivity index (χ0v) is 13.9. The van der Waals surface area contributed by atoms with Crippen LogP contribution < -0.4 is 5.73 Å². The molecule has 1 heterocycles. The Balaban J connectivity index is 1.61. The summed E-state index contributed by atoms with van der Waals surface area (Å²) < 4.78 is 0.957. The van der Waals surface area contributed by atoms with Gasteiger partial charge in [0.2, 0.25) is 0 Å². The first-order valence-electron chi connectivity index (χ1n) is 8.46. The maximum Gasteiger partial charge on any atom is 0.141 e. The fourth-order valence-electron chi connectivity index (χ4n) is 5.73. The molecule has 0 aliphatic heterocycles. The van der Waals surface area contributed by atoms with E-state index in [1.165, 1.54) is 57.1 Å². The lowest BCUT2D eigenvalue weighted by Gasteiger charge is -2.56. The quantitative estimate of drug-likeness (QED) is 0.873. The van der Waals surface area contributed by atoms with E-state index in [-0.39, 0.29) is 5.41 Å². The number of anilines is 1. The van der Waals surface area contributed by atoms with Gasteiger partial charge in [0.25, 0.3) is 0 Å². The SMILES string of the molecule is Nc1nc(C23CC4CC(CC(C4)C2)C3)nc(C2CC2)c1Br. The van der Waals surface area contributed by atoms with E-state index in [1.807, 2.05) is 0 Å². The van der Waals surface area contributed by atoms with Gasteiger partial charge in [0, 0.05) is 11.3 Å². The Kier molecular flexibility index (Phi) is 2.58. The number of hydrogen-bond acceptors (Lipinski definition) is 3. The van der Waals surface area contributed by atoms with E-state index >= 15 is 0 Å². The fraction of sp³-hybridized carbons (Fsp3) is 0.765. The minimum absolute atomic E-state index is 0.257. The molecule has 4 heteroatoms. The lowest BCUT2D eigenvalue weighted by molar-refractivity contribution is -0.00944. The Morgan fingerprint density at radius 2 is 1.52 bits per heavy atom. The smallest absolute Gasteiger partial charge is 0.141 e. The van der Waals surface area contributed by atoms with Crippen LogP contribution in [0.3, 0.4) is 0 Å². The van der Waals surface area contributed by atoms with Crippen molar-refractivity contribution in [2.45, 2.75) is 62.7 Å². The summed E-state index contributed by atoms with van der Waals surface area (Å²) in [5.74, 6) is 5.15. The standard InChI is InChI=1S/C17H22BrN3/c18-13-14(12-1-2-12)20-16(21-15(13)19)17-6-9-3-10(7-17)5-11(4-9)8-17/h9-12H,1-8H2,(H2,19,20,21). The van der Waals surface area contributed by atoms with Crippen LogP contribution in [-0.2, 0) is 5.41 Å². The second-order valence-electron chi connectivity index (χ2n) is 8.10. The summed E-state index contributed by atoms with van der Waals surface area (Å²) >= 11 is 3.61. The molecule has 0 saturated heterocycles. The molecule has 5 fully saturated rings. The second-order valence-corrected chi connectivity index (χ2v) is 8.90. The van der Waals surface area contributed by atoms with Gasteiger partial charge >= 0.3 is 0 Å². The average molecular weight is 348 g/mol. The van der Waals surface area contributed by atoms with E-state index in [4.69, 9.17) is 15.7 Å². The summed E-state index contributed by atoms with van der Waals surface area (Å²) in [7, 11) is 0. The molecule has 112 valence electrons. The van der Waals surface area contributed by atoms with Crippen molar-refractivity contribution >= 4 is 21.7 Å². The van der Waals surface area contributed by atoms with E-state index in [0.29, 0.717) is 11.7 Å². The van der Waals surface area contributed by atoms with Gasteiger partial charge in [-0.2, -0.15) is 0 Å². The van der Waals surface area contributed by atoms with E-state index < -0.39 is 0 Å². The van der Waals surface area contributed by atoms with Gasteiger partial charge < -0.3 is 5.73 Å². The van der Waals surface area contributed by atoms with Crippen molar-refractivity contribution in [1.82, 2.24) is 9.97 Å². The summed E-state index contributed by atoms with van der Waals surface area (Å²) in [4.78, 5) is 9.80. The Morgan fingerprint density at radius 3 is 2.05 bits per heavy atom. The van der Waals surface area contributed by atoms with E-state index in [0.717, 1.165) is 28.1 Å². The molecule has 2 N–H and O–H groups in total. The van der Waals surface area contributed by atoms with Crippen LogP contribution in [0.4, 0.5) is 5.82 Å². The van der Waals surface area contributed by atoms with Gasteiger partial charge in [-0.25, -0.2) is 9.97 Å². The van der Waals surface area contributed by atoms with Crippen molar-refractivity contribution in [3.05, 3.63) is 16.0 Å². The van der Waals surface area contributed by atoms with Crippen LogP contribution in [0.15, 0.2) is 4.47 Å². The molecule has 5 saturated carbocycles. The molecule has 0 amide bonds. The zero-order chi connectivity index (χ0) is 14.2. The second kappa shape index (κ2) is 4.21. The number of halogens is 1. The number of aromatic nitrogens is 2. The molecule has 0 aromatic carbocycles. The first-order chi connectivity index (χ1) is 10.1. The number of hydrogen-bond donors (Lipinski definition) is 1. The highest BCUT2D eigenvalue weighted by atomic mass is 79.9. The first-order valence-corrected chi connectivity index (χ1v) is 9.26. The first kappa shape index (κ1) is 12.9. The van der Waals surface area contributed by atoms with Crippen LogP contribution in [-0.4, -0.2) is 9.97 Å². The third-order valence-electron chi connectivity index (χ3n) is 6.38. The summed E-state index contributed by atoms with van der Waals surface area (Å²) in [6, 6.07) is 0. The summed E-state index contributed by atoms with van der Waals surface area (Å²) in [5, 5.41) is 0. The molecule has 0 atom stereocenters. The number of rotatable bonds is 2. The van der Waals surface area contributed by atoms with Gasteiger partial charge in [0.15, 0.2) is 0 Å². The Labute approximate surface area is 134 Å². The predicted octanol–water partition coefficient (Wildman–Crippen LogP) is 4.17. The average Bonchev–Trinajstić information content (AvgIpc) is 3.24. The lowest BCUT2D eigenvalue weighted by Crippen LogP contribution is -2.49. The largest absolute Gasteiger partial charge is 0.383 e. The van der Waals surface area contributed by atoms with E-state index in [9.17, 15) is 0 Å². The van der Waals surface area contributed by atoms with Crippen LogP contribution in [0.1, 0.15) is 68.8 Å². The topological polar surface area (TPSA) is 51.8 Å². The van der Waals surface area contributed by atoms with E-state index in [2.05, 4.69) is 15.9 Å². The predicted molar refractivity (Wildman–Crippen MR) is 86.0 cm³/mol. The van der Waals surface area contributed by atoms with Gasteiger partial charge in [-0.05, 0) is 85.1 Å². The minimum atomic E-state index is 0.257. The highest BCUT2D eigenvalue weighted by Gasteiger charge is 2.53. The van der Waals surface area contributed by atoms with Crippen LogP contribution in [0.5, 0.6) is 0 Å². The molecule has 6 rings (SSSR count). The third kappa shape index (κ3) is 1.90. The molecular formula is C17H22BrN3. The molecule has 5 aliphatic rings. The van der Waals surface area contributed by atoms with Gasteiger partial charge in [-0.1, -0.05) is 0 Å². The van der Waals surface area contributed by atoms with Gasteiger partial charge in [0.1, 0.15) is 11.6 Å². The van der Waals surface area contributed by atoms with Crippen LogP contribution in [0.25, 0.3) is 0 Å². The van der Waals surface area contributed by atoms with Gasteiger partial charge in [0.05, 0.1) is 10.2 Å². The summed E-state index contributed by atoms with van der Waals surface area (Å²) in [6.07, 6.45) is 10.8. The molecule has 3 nitrogen and oxygen atoms in total. The number of nitrogen functional groups attached to an aromatic ring is 1. The van der Waals surface area contributed by atoms with Crippen LogP contribution >= 0.6 is 15.9 Å². The van der Waals surface area contributed by atoms with Crippen molar-refractivity contribution in [2.75, 3.05) is 5.73 Å². The zero-order valence-electron chi connectivity index (χ0n) is 12.3. The number of nitrogens with zero attached hydrogens (tertiary/aromatic N) is 2. The molecule has 0 unspecified atom stereocenters. The fourth-order valence-corrected chi connectivity index (χ4v) is 6.23. The summed E-state index contributed by atoms with van der Waals surface area (Å²) in [5.41, 5.74) is 7.65. The molecule has 5 aliphatic carbocycles. The number of nitrogens with two attached hydrogens (primary N) is 1. The normalized spacial score (nSPS) is 40.7. The van der Waals surface area contributed by atoms with Crippen molar-refractivity contribution in [2.24, 2.45) is 17.8 Å². The minimum Gasteiger partial charge on any atom is -0.383 e. The highest BCUT2D eigenvalue weighted by molar-refractivity contribution is 9.10.